The molecule has 0 bridgehead atoms. The number of aryl methyl sites for hydroxylation is 1. The van der Waals surface area contributed by atoms with E-state index in [1.807, 2.05) is 6.07 Å². The van der Waals surface area contributed by atoms with Crippen molar-refractivity contribution in [2.75, 3.05) is 6.54 Å². The molecule has 3 nitrogen and oxygen atoms in total. The van der Waals surface area contributed by atoms with Gasteiger partial charge in [0.15, 0.2) is 0 Å². The fourth-order valence-electron chi connectivity index (χ4n) is 2.73. The molecule has 2 aliphatic carbocycles. The Balaban J connectivity index is 1.92. The summed E-state index contributed by atoms with van der Waals surface area (Å²) in [4.78, 5) is 0.405. The third-order valence-electron chi connectivity index (χ3n) is 4.40. The second kappa shape index (κ2) is 5.90. The Labute approximate surface area is 132 Å². The average molecular weight is 328 g/mol. The molecule has 2 saturated carbocycles. The molecule has 0 amide bonds. The summed E-state index contributed by atoms with van der Waals surface area (Å²) in [5.41, 5.74) is 2.06. The van der Waals surface area contributed by atoms with Gasteiger partial charge in [-0.05, 0) is 61.3 Å². The molecule has 0 atom stereocenters. The predicted octanol–water partition coefficient (Wildman–Crippen LogP) is 3.55. The van der Waals surface area contributed by atoms with Crippen LogP contribution in [0.3, 0.4) is 0 Å². The number of alkyl halides is 1. The molecule has 116 valence electrons. The van der Waals surface area contributed by atoms with Gasteiger partial charge in [0.2, 0.25) is 10.0 Å². The fraction of sp³-hybridized carbons (Fsp3) is 0.625. The molecular weight excluding hydrogens is 306 g/mol. The molecular formula is C16H22ClNO2S. The number of halogens is 1. The Bertz CT molecular complexity index is 621. The molecule has 21 heavy (non-hydrogen) atoms. The average Bonchev–Trinajstić information content (AvgIpc) is 3.37. The van der Waals surface area contributed by atoms with Gasteiger partial charge in [-0.2, -0.15) is 4.31 Å². The van der Waals surface area contributed by atoms with Gasteiger partial charge in [-0.15, -0.1) is 11.6 Å². The molecule has 3 rings (SSSR count). The highest BCUT2D eigenvalue weighted by molar-refractivity contribution is 7.89. The largest absolute Gasteiger partial charge is 0.243 e. The van der Waals surface area contributed by atoms with Crippen LogP contribution in [0.4, 0.5) is 0 Å². The van der Waals surface area contributed by atoms with Crippen molar-refractivity contribution >= 4 is 21.6 Å². The van der Waals surface area contributed by atoms with E-state index in [0.29, 0.717) is 23.2 Å². The predicted molar refractivity (Wildman–Crippen MR) is 85.0 cm³/mol. The zero-order valence-electron chi connectivity index (χ0n) is 12.4. The summed E-state index contributed by atoms with van der Waals surface area (Å²) in [7, 11) is -3.38. The van der Waals surface area contributed by atoms with E-state index in [1.54, 1.807) is 16.4 Å². The summed E-state index contributed by atoms with van der Waals surface area (Å²) in [5, 5.41) is 0. The van der Waals surface area contributed by atoms with Crippen LogP contribution in [-0.2, 0) is 22.3 Å². The molecule has 0 saturated heterocycles. The van der Waals surface area contributed by atoms with Crippen LogP contribution in [-0.4, -0.2) is 25.3 Å². The zero-order chi connectivity index (χ0) is 15.0. The van der Waals surface area contributed by atoms with E-state index in [1.165, 1.54) is 12.8 Å². The van der Waals surface area contributed by atoms with Gasteiger partial charge in [-0.3, -0.25) is 0 Å². The first-order valence-corrected chi connectivity index (χ1v) is 9.73. The molecule has 1 aromatic carbocycles. The van der Waals surface area contributed by atoms with Crippen LogP contribution >= 0.6 is 11.6 Å². The first-order chi connectivity index (χ1) is 10.1. The molecule has 2 fully saturated rings. The molecule has 0 aliphatic heterocycles. The number of nitrogens with zero attached hydrogens (tertiary/aromatic N) is 1. The van der Waals surface area contributed by atoms with E-state index in [0.717, 1.165) is 30.4 Å². The van der Waals surface area contributed by atoms with E-state index in [4.69, 9.17) is 11.6 Å². The lowest BCUT2D eigenvalue weighted by atomic mass is 10.1. The Morgan fingerprint density at radius 2 is 1.90 bits per heavy atom. The van der Waals surface area contributed by atoms with Crippen molar-refractivity contribution in [3.8, 4) is 0 Å². The lowest BCUT2D eigenvalue weighted by molar-refractivity contribution is 0.388. The number of rotatable bonds is 7. The van der Waals surface area contributed by atoms with Crippen LogP contribution in [0.1, 0.15) is 43.7 Å². The van der Waals surface area contributed by atoms with Crippen molar-refractivity contribution in [2.45, 2.75) is 55.8 Å². The highest BCUT2D eigenvalue weighted by Crippen LogP contribution is 2.38. The van der Waals surface area contributed by atoms with Crippen molar-refractivity contribution in [2.24, 2.45) is 5.92 Å². The van der Waals surface area contributed by atoms with Crippen LogP contribution in [0, 0.1) is 5.92 Å². The number of sulfonamides is 1. The number of hydrogen-bond acceptors (Lipinski definition) is 2. The van der Waals surface area contributed by atoms with Crippen LogP contribution < -0.4 is 0 Å². The topological polar surface area (TPSA) is 37.4 Å². The Kier molecular flexibility index (Phi) is 4.30. The molecule has 0 heterocycles. The molecule has 0 unspecified atom stereocenters. The Morgan fingerprint density at radius 1 is 1.19 bits per heavy atom. The van der Waals surface area contributed by atoms with Gasteiger partial charge in [0.25, 0.3) is 0 Å². The van der Waals surface area contributed by atoms with Crippen molar-refractivity contribution in [3.05, 3.63) is 29.3 Å². The minimum Gasteiger partial charge on any atom is -0.207 e. The highest BCUT2D eigenvalue weighted by Gasteiger charge is 2.41. The van der Waals surface area contributed by atoms with Gasteiger partial charge in [-0.25, -0.2) is 8.42 Å². The zero-order valence-corrected chi connectivity index (χ0v) is 14.0. The van der Waals surface area contributed by atoms with E-state index in [9.17, 15) is 8.42 Å². The fourth-order valence-corrected chi connectivity index (χ4v) is 4.79. The van der Waals surface area contributed by atoms with Gasteiger partial charge in [-0.1, -0.05) is 13.0 Å². The van der Waals surface area contributed by atoms with Gasteiger partial charge >= 0.3 is 0 Å². The third kappa shape index (κ3) is 3.27. The molecule has 0 aromatic heterocycles. The monoisotopic (exact) mass is 327 g/mol. The van der Waals surface area contributed by atoms with E-state index < -0.39 is 10.0 Å². The summed E-state index contributed by atoms with van der Waals surface area (Å²) in [6, 6.07) is 5.64. The lowest BCUT2D eigenvalue weighted by Gasteiger charge is -2.22. The smallest absolute Gasteiger partial charge is 0.207 e. The first kappa shape index (κ1) is 15.3. The summed E-state index contributed by atoms with van der Waals surface area (Å²) in [5.74, 6) is 0.932. The molecule has 5 heteroatoms. The van der Waals surface area contributed by atoms with Crippen LogP contribution in [0.5, 0.6) is 0 Å². The van der Waals surface area contributed by atoms with E-state index >= 15 is 0 Å². The first-order valence-electron chi connectivity index (χ1n) is 7.76. The van der Waals surface area contributed by atoms with Gasteiger partial charge in [0, 0.05) is 18.5 Å². The van der Waals surface area contributed by atoms with E-state index in [-0.39, 0.29) is 6.04 Å². The molecule has 1 aromatic rings. The Hall–Kier alpha value is -0.580. The quantitative estimate of drug-likeness (QED) is 0.718. The lowest BCUT2D eigenvalue weighted by Crippen LogP contribution is -2.35. The number of benzene rings is 1. The van der Waals surface area contributed by atoms with Crippen molar-refractivity contribution < 1.29 is 8.42 Å². The summed E-state index contributed by atoms with van der Waals surface area (Å²) >= 11 is 5.97. The van der Waals surface area contributed by atoms with Crippen molar-refractivity contribution in [3.63, 3.8) is 0 Å². The summed E-state index contributed by atoms with van der Waals surface area (Å²) in [6.07, 6.45) is 5.21. The van der Waals surface area contributed by atoms with Crippen molar-refractivity contribution in [1.82, 2.24) is 4.31 Å². The van der Waals surface area contributed by atoms with Gasteiger partial charge in [0.1, 0.15) is 0 Å². The van der Waals surface area contributed by atoms with Crippen LogP contribution in [0.15, 0.2) is 23.1 Å². The molecule has 0 spiro atoms. The Morgan fingerprint density at radius 3 is 2.43 bits per heavy atom. The molecule has 0 N–H and O–H groups in total. The van der Waals surface area contributed by atoms with Crippen LogP contribution in [0.25, 0.3) is 0 Å². The minimum atomic E-state index is -3.38. The summed E-state index contributed by atoms with van der Waals surface area (Å²) in [6.45, 7) is 2.75. The SMILES string of the molecule is CCc1ccc(S(=O)(=O)N(CC2CC2)C2CC2)cc1CCl. The maximum Gasteiger partial charge on any atom is 0.243 e. The van der Waals surface area contributed by atoms with E-state index in [2.05, 4.69) is 6.92 Å². The summed E-state index contributed by atoms with van der Waals surface area (Å²) < 4.78 is 27.6. The van der Waals surface area contributed by atoms with Gasteiger partial charge < -0.3 is 0 Å². The maximum absolute atomic E-state index is 12.9. The minimum absolute atomic E-state index is 0.223. The molecule has 2 aliphatic rings. The maximum atomic E-state index is 12.9. The van der Waals surface area contributed by atoms with Crippen LogP contribution in [0.2, 0.25) is 0 Å². The standard InChI is InChI=1S/C16H22ClNO2S/c1-2-13-5-8-16(9-14(13)10-17)21(19,20)18(15-6-7-15)11-12-3-4-12/h5,8-9,12,15H,2-4,6-7,10-11H2,1H3. The second-order valence-electron chi connectivity index (χ2n) is 6.17. The second-order valence-corrected chi connectivity index (χ2v) is 8.32. The highest BCUT2D eigenvalue weighted by atomic mass is 35.5. The molecule has 0 radical (unpaired) electrons. The normalized spacial score (nSPS) is 19.2. The van der Waals surface area contributed by atoms with Gasteiger partial charge in [0.05, 0.1) is 4.90 Å². The number of hydrogen-bond donors (Lipinski definition) is 0. The van der Waals surface area contributed by atoms with Crippen molar-refractivity contribution in [1.29, 1.82) is 0 Å². The third-order valence-corrected chi connectivity index (χ3v) is 6.60.